The zero-order chi connectivity index (χ0) is 15.6. The molecule has 0 heterocycles. The molecule has 2 rings (SSSR count). The lowest BCUT2D eigenvalue weighted by Crippen LogP contribution is -2.14. The van der Waals surface area contributed by atoms with Crippen LogP contribution in [0.1, 0.15) is 32.6 Å². The lowest BCUT2D eigenvalue weighted by molar-refractivity contribution is 0.0920. The molecule has 0 spiro atoms. The molecule has 0 unspecified atom stereocenters. The van der Waals surface area contributed by atoms with Crippen LogP contribution in [0, 0.1) is 33.5 Å². The normalized spacial score (nSPS) is 10.5. The summed E-state index contributed by atoms with van der Waals surface area (Å²) >= 11 is 0. The minimum absolute atomic E-state index is 0.0458. The van der Waals surface area contributed by atoms with Crippen molar-refractivity contribution in [2.24, 2.45) is 0 Å². The molecule has 0 fully saturated rings. The van der Waals surface area contributed by atoms with E-state index >= 15 is 0 Å². The quantitative estimate of drug-likeness (QED) is 0.782. The van der Waals surface area contributed by atoms with Gasteiger partial charge in [0.15, 0.2) is 12.4 Å². The van der Waals surface area contributed by atoms with Crippen molar-refractivity contribution >= 4 is 5.78 Å². The molecule has 0 N–H and O–H groups in total. The molecule has 0 radical (unpaired) electrons. The van der Waals surface area contributed by atoms with Gasteiger partial charge >= 0.3 is 0 Å². The predicted molar refractivity (Wildman–Crippen MR) is 81.6 cm³/mol. The van der Waals surface area contributed by atoms with Crippen LogP contribution in [0.2, 0.25) is 0 Å². The maximum Gasteiger partial charge on any atom is 0.200 e. The van der Waals surface area contributed by atoms with Gasteiger partial charge in [-0.2, -0.15) is 0 Å². The smallest absolute Gasteiger partial charge is 0.200 e. The van der Waals surface area contributed by atoms with Gasteiger partial charge < -0.3 is 4.74 Å². The largest absolute Gasteiger partial charge is 0.485 e. The maximum absolute atomic E-state index is 13.0. The Morgan fingerprint density at radius 3 is 2.29 bits per heavy atom. The number of hydrogen-bond donors (Lipinski definition) is 0. The summed E-state index contributed by atoms with van der Waals surface area (Å²) < 4.78 is 18.5. The highest BCUT2D eigenvalue weighted by Crippen LogP contribution is 2.20. The maximum atomic E-state index is 13.0. The first-order valence-electron chi connectivity index (χ1n) is 6.88. The number of rotatable bonds is 4. The first kappa shape index (κ1) is 15.2. The lowest BCUT2D eigenvalue weighted by Gasteiger charge is -2.11. The fourth-order valence-corrected chi connectivity index (χ4v) is 2.26. The Bertz CT molecular complexity index is 690. The number of benzene rings is 2. The van der Waals surface area contributed by atoms with Crippen LogP contribution in [0.5, 0.6) is 5.75 Å². The third-order valence-electron chi connectivity index (χ3n) is 3.64. The second kappa shape index (κ2) is 6.08. The summed E-state index contributed by atoms with van der Waals surface area (Å²) in [5.41, 5.74) is 4.56. The predicted octanol–water partition coefficient (Wildman–Crippen LogP) is 4.32. The first-order chi connectivity index (χ1) is 9.88. The molecule has 2 aromatic carbocycles. The number of carbonyl (C=O) groups excluding carboxylic acids is 1. The average Bonchev–Trinajstić information content (AvgIpc) is 2.41. The number of ether oxygens (including phenoxy) is 1. The Labute approximate surface area is 124 Å². The molecule has 0 aliphatic heterocycles. The van der Waals surface area contributed by atoms with Crippen LogP contribution in [0.25, 0.3) is 0 Å². The number of aryl methyl sites for hydroxylation is 4. The second-order valence-corrected chi connectivity index (χ2v) is 5.37. The molecule has 110 valence electrons. The number of hydrogen-bond acceptors (Lipinski definition) is 2. The zero-order valence-corrected chi connectivity index (χ0v) is 12.8. The van der Waals surface area contributed by atoms with E-state index in [1.807, 2.05) is 32.9 Å². The number of ketones is 1. The molecule has 3 heteroatoms. The number of carbonyl (C=O) groups is 1. The van der Waals surface area contributed by atoms with E-state index in [0.29, 0.717) is 16.9 Å². The van der Waals surface area contributed by atoms with Gasteiger partial charge in [0.2, 0.25) is 0 Å². The van der Waals surface area contributed by atoms with Crippen LogP contribution in [0.15, 0.2) is 30.3 Å². The van der Waals surface area contributed by atoms with Gasteiger partial charge in [0.1, 0.15) is 11.6 Å². The molecule has 2 nitrogen and oxygen atoms in total. The van der Waals surface area contributed by atoms with E-state index in [-0.39, 0.29) is 18.2 Å². The molecule has 2 aromatic rings. The van der Waals surface area contributed by atoms with Crippen molar-refractivity contribution in [3.63, 3.8) is 0 Å². The molecule has 0 aliphatic rings. The van der Waals surface area contributed by atoms with E-state index in [9.17, 15) is 9.18 Å². The van der Waals surface area contributed by atoms with Crippen molar-refractivity contribution in [2.45, 2.75) is 27.7 Å². The third kappa shape index (κ3) is 3.48. The van der Waals surface area contributed by atoms with Crippen LogP contribution in [0.4, 0.5) is 4.39 Å². The van der Waals surface area contributed by atoms with E-state index in [1.165, 1.54) is 17.7 Å². The van der Waals surface area contributed by atoms with Gasteiger partial charge in [0.25, 0.3) is 0 Å². The summed E-state index contributed by atoms with van der Waals surface area (Å²) in [5.74, 6) is 0.154. The topological polar surface area (TPSA) is 26.3 Å². The van der Waals surface area contributed by atoms with Crippen molar-refractivity contribution in [3.05, 3.63) is 64.0 Å². The van der Waals surface area contributed by atoms with Gasteiger partial charge in [0.05, 0.1) is 0 Å². The Kier molecular flexibility index (Phi) is 4.41. The minimum Gasteiger partial charge on any atom is -0.485 e. The van der Waals surface area contributed by atoms with E-state index < -0.39 is 0 Å². The molecule has 0 aliphatic carbocycles. The van der Waals surface area contributed by atoms with Crippen LogP contribution < -0.4 is 4.74 Å². The zero-order valence-electron chi connectivity index (χ0n) is 12.8. The van der Waals surface area contributed by atoms with Crippen molar-refractivity contribution in [1.82, 2.24) is 0 Å². The van der Waals surface area contributed by atoms with Gasteiger partial charge in [-0.25, -0.2) is 4.39 Å². The average molecular weight is 286 g/mol. The standard InChI is InChI=1S/C18H19FO2/c1-11-7-13(3)16(9-12(11)2)17(20)10-21-18-6-5-15(19)8-14(18)4/h5-9H,10H2,1-4H3. The third-order valence-corrected chi connectivity index (χ3v) is 3.64. The second-order valence-electron chi connectivity index (χ2n) is 5.37. The summed E-state index contributed by atoms with van der Waals surface area (Å²) in [4.78, 5) is 12.3. The van der Waals surface area contributed by atoms with Crippen LogP contribution in [-0.4, -0.2) is 12.4 Å². The monoisotopic (exact) mass is 286 g/mol. The molecule has 0 aromatic heterocycles. The fourth-order valence-electron chi connectivity index (χ4n) is 2.26. The first-order valence-corrected chi connectivity index (χ1v) is 6.88. The van der Waals surface area contributed by atoms with E-state index in [1.54, 1.807) is 13.0 Å². The van der Waals surface area contributed by atoms with Crippen LogP contribution in [-0.2, 0) is 0 Å². The highest BCUT2D eigenvalue weighted by atomic mass is 19.1. The van der Waals surface area contributed by atoms with Crippen molar-refractivity contribution in [3.8, 4) is 5.75 Å². The van der Waals surface area contributed by atoms with Gasteiger partial charge in [-0.15, -0.1) is 0 Å². The van der Waals surface area contributed by atoms with E-state index in [4.69, 9.17) is 4.74 Å². The SMILES string of the molecule is Cc1cc(C)c(C(=O)COc2ccc(F)cc2C)cc1C. The van der Waals surface area contributed by atoms with Gasteiger partial charge in [-0.05, 0) is 74.2 Å². The summed E-state index contributed by atoms with van der Waals surface area (Å²) in [7, 11) is 0. The Balaban J connectivity index is 2.13. The molecule has 0 saturated carbocycles. The number of halogens is 1. The summed E-state index contributed by atoms with van der Waals surface area (Å²) in [6.07, 6.45) is 0. The molecular formula is C18H19FO2. The Morgan fingerprint density at radius 1 is 0.952 bits per heavy atom. The highest BCUT2D eigenvalue weighted by molar-refractivity contribution is 5.98. The van der Waals surface area contributed by atoms with Gasteiger partial charge in [0, 0.05) is 5.56 Å². The molecule has 0 saturated heterocycles. The molecule has 0 bridgehead atoms. The van der Waals surface area contributed by atoms with E-state index in [2.05, 4.69) is 0 Å². The fraction of sp³-hybridized carbons (Fsp3) is 0.278. The van der Waals surface area contributed by atoms with Gasteiger partial charge in [-0.3, -0.25) is 4.79 Å². The lowest BCUT2D eigenvalue weighted by atomic mass is 9.98. The summed E-state index contributed by atoms with van der Waals surface area (Å²) in [6, 6.07) is 8.17. The Hall–Kier alpha value is -2.16. The Morgan fingerprint density at radius 2 is 1.62 bits per heavy atom. The molecule has 0 amide bonds. The van der Waals surface area contributed by atoms with Crippen molar-refractivity contribution in [2.75, 3.05) is 6.61 Å². The summed E-state index contributed by atoms with van der Waals surface area (Å²) in [5, 5.41) is 0. The molecule has 0 atom stereocenters. The van der Waals surface area contributed by atoms with Crippen LogP contribution in [0.3, 0.4) is 0 Å². The van der Waals surface area contributed by atoms with E-state index in [0.717, 1.165) is 11.1 Å². The van der Waals surface area contributed by atoms with Crippen molar-refractivity contribution in [1.29, 1.82) is 0 Å². The van der Waals surface area contributed by atoms with Crippen molar-refractivity contribution < 1.29 is 13.9 Å². The minimum atomic E-state index is -0.309. The highest BCUT2D eigenvalue weighted by Gasteiger charge is 2.12. The number of Topliss-reactive ketones (excluding diaryl/α,β-unsaturated/α-hetero) is 1. The molecule has 21 heavy (non-hydrogen) atoms. The summed E-state index contributed by atoms with van der Waals surface area (Å²) in [6.45, 7) is 7.63. The molecular weight excluding hydrogens is 267 g/mol. The van der Waals surface area contributed by atoms with Gasteiger partial charge in [-0.1, -0.05) is 6.07 Å². The van der Waals surface area contributed by atoms with Crippen LogP contribution >= 0.6 is 0 Å².